The fourth-order valence-electron chi connectivity index (χ4n) is 2.92. The zero-order chi connectivity index (χ0) is 19.1. The molecule has 0 saturated carbocycles. The molecule has 1 unspecified atom stereocenters. The summed E-state index contributed by atoms with van der Waals surface area (Å²) in [5.74, 6) is -0.380. The van der Waals surface area contributed by atoms with Gasteiger partial charge in [-0.25, -0.2) is 8.42 Å². The Kier molecular flexibility index (Phi) is 4.95. The number of hydrogen-bond acceptors (Lipinski definition) is 3. The normalized spacial score (nSPS) is 18.1. The van der Waals surface area contributed by atoms with Gasteiger partial charge in [0.05, 0.1) is 11.8 Å². The molecule has 0 aromatic heterocycles. The molecule has 2 aromatic carbocycles. The summed E-state index contributed by atoms with van der Waals surface area (Å²) < 4.78 is 23.8. The monoisotopic (exact) mass is 389 g/mol. The van der Waals surface area contributed by atoms with E-state index in [1.165, 1.54) is 10.3 Å². The van der Waals surface area contributed by atoms with Gasteiger partial charge in [-0.15, -0.1) is 0 Å². The van der Waals surface area contributed by atoms with E-state index in [4.69, 9.17) is 11.6 Å². The van der Waals surface area contributed by atoms with Gasteiger partial charge in [-0.05, 0) is 67.8 Å². The molecule has 0 aliphatic carbocycles. The maximum Gasteiger partial charge on any atom is 0.258 e. The van der Waals surface area contributed by atoms with Gasteiger partial charge < -0.3 is 4.90 Å². The summed E-state index contributed by atoms with van der Waals surface area (Å²) >= 11 is 6.24. The quantitative estimate of drug-likeness (QED) is 0.789. The Morgan fingerprint density at radius 1 is 1.04 bits per heavy atom. The van der Waals surface area contributed by atoms with E-state index in [-0.39, 0.29) is 11.7 Å². The number of anilines is 1. The minimum Gasteiger partial charge on any atom is -0.300 e. The maximum absolute atomic E-state index is 13.3. The van der Waals surface area contributed by atoms with Gasteiger partial charge in [0.25, 0.3) is 5.91 Å². The number of amides is 1. The van der Waals surface area contributed by atoms with Crippen molar-refractivity contribution in [1.82, 2.24) is 0 Å². The van der Waals surface area contributed by atoms with Crippen molar-refractivity contribution in [2.75, 3.05) is 10.7 Å². The third-order valence-corrected chi connectivity index (χ3v) is 6.43. The molecule has 0 spiro atoms. The number of aryl methyl sites for hydroxylation is 3. The second-order valence-corrected chi connectivity index (χ2v) is 8.97. The lowest BCUT2D eigenvalue weighted by Gasteiger charge is -2.28. The second-order valence-electron chi connectivity index (χ2n) is 6.63. The zero-order valence-electron chi connectivity index (χ0n) is 14.9. The van der Waals surface area contributed by atoms with Crippen LogP contribution >= 0.6 is 11.6 Å². The van der Waals surface area contributed by atoms with E-state index in [0.717, 1.165) is 16.7 Å². The summed E-state index contributed by atoms with van der Waals surface area (Å²) in [6.45, 7) is 5.80. The van der Waals surface area contributed by atoms with Crippen LogP contribution in [0.4, 0.5) is 5.69 Å². The molecule has 1 atom stereocenters. The third kappa shape index (κ3) is 3.69. The molecule has 4 nitrogen and oxygen atoms in total. The summed E-state index contributed by atoms with van der Waals surface area (Å²) in [5, 5.41) is 1.71. The molecule has 0 bridgehead atoms. The molecule has 0 N–H and O–H groups in total. The van der Waals surface area contributed by atoms with E-state index in [0.29, 0.717) is 16.3 Å². The highest BCUT2D eigenvalue weighted by Gasteiger charge is 2.32. The van der Waals surface area contributed by atoms with Crippen molar-refractivity contribution in [2.24, 2.45) is 0 Å². The predicted molar refractivity (Wildman–Crippen MR) is 106 cm³/mol. The van der Waals surface area contributed by atoms with E-state index >= 15 is 0 Å². The average molecular weight is 390 g/mol. The Morgan fingerprint density at radius 3 is 2.31 bits per heavy atom. The Hall–Kier alpha value is -2.11. The van der Waals surface area contributed by atoms with Gasteiger partial charge in [0.1, 0.15) is 0 Å². The number of rotatable bonds is 3. The first kappa shape index (κ1) is 18.7. The van der Waals surface area contributed by atoms with Gasteiger partial charge in [-0.3, -0.25) is 4.79 Å². The van der Waals surface area contributed by atoms with Crippen LogP contribution in [0.25, 0.3) is 0 Å². The van der Waals surface area contributed by atoms with E-state index < -0.39 is 15.9 Å². The van der Waals surface area contributed by atoms with Crippen LogP contribution in [0.5, 0.6) is 0 Å². The Morgan fingerprint density at radius 2 is 1.73 bits per heavy atom. The molecule has 1 heterocycles. The van der Waals surface area contributed by atoms with Gasteiger partial charge >= 0.3 is 0 Å². The number of benzene rings is 2. The van der Waals surface area contributed by atoms with Crippen molar-refractivity contribution in [3.63, 3.8) is 0 Å². The minimum atomic E-state index is -3.30. The Labute approximate surface area is 159 Å². The van der Waals surface area contributed by atoms with Gasteiger partial charge in [0.15, 0.2) is 9.84 Å². The summed E-state index contributed by atoms with van der Waals surface area (Å²) in [5.41, 5.74) is 4.09. The van der Waals surface area contributed by atoms with Crippen molar-refractivity contribution in [2.45, 2.75) is 26.8 Å². The molecular formula is C20H20ClNO3S. The number of carbonyl (C=O) groups excluding carboxylic acids is 1. The molecule has 6 heteroatoms. The van der Waals surface area contributed by atoms with Crippen LogP contribution in [0.1, 0.15) is 27.0 Å². The van der Waals surface area contributed by atoms with Gasteiger partial charge in [-0.2, -0.15) is 0 Å². The lowest BCUT2D eigenvalue weighted by molar-refractivity contribution is 0.0983. The summed E-state index contributed by atoms with van der Waals surface area (Å²) in [6.07, 6.45) is 1.56. The van der Waals surface area contributed by atoms with Crippen LogP contribution in [0.2, 0.25) is 5.02 Å². The van der Waals surface area contributed by atoms with Crippen molar-refractivity contribution in [3.8, 4) is 0 Å². The molecule has 2 aromatic rings. The molecule has 1 aliphatic heterocycles. The predicted octanol–water partition coefficient (Wildman–Crippen LogP) is 4.22. The minimum absolute atomic E-state index is 0.130. The summed E-state index contributed by atoms with van der Waals surface area (Å²) in [4.78, 5) is 14.8. The smallest absolute Gasteiger partial charge is 0.258 e. The Balaban J connectivity index is 2.07. The van der Waals surface area contributed by atoms with Crippen molar-refractivity contribution in [1.29, 1.82) is 0 Å². The first-order chi connectivity index (χ1) is 12.2. The Bertz CT molecular complexity index is 1010. The van der Waals surface area contributed by atoms with Crippen LogP contribution in [-0.2, 0) is 9.84 Å². The molecule has 136 valence electrons. The second kappa shape index (κ2) is 6.89. The third-order valence-electron chi connectivity index (χ3n) is 4.65. The number of halogens is 1. The van der Waals surface area contributed by atoms with E-state index in [9.17, 15) is 13.2 Å². The fraction of sp³-hybridized carbons (Fsp3) is 0.250. The molecule has 1 aliphatic rings. The SMILES string of the molecule is Cc1ccc(C(=O)N(c2ccc(C)c(Cl)c2)C2C=CS(=O)(=O)C2)cc1C. The lowest BCUT2D eigenvalue weighted by Crippen LogP contribution is -2.41. The number of hydrogen-bond donors (Lipinski definition) is 0. The molecule has 3 rings (SSSR count). The fourth-order valence-corrected chi connectivity index (χ4v) is 4.37. The van der Waals surface area contributed by atoms with Crippen molar-refractivity contribution >= 4 is 33.0 Å². The van der Waals surface area contributed by atoms with Crippen LogP contribution in [0.15, 0.2) is 47.9 Å². The highest BCUT2D eigenvalue weighted by molar-refractivity contribution is 7.94. The standard InChI is InChI=1S/C20H20ClNO3S/c1-13-4-6-16(10-15(13)3)20(23)22(18-8-9-26(24,25)12-18)17-7-5-14(2)19(21)11-17/h4-11,18H,12H2,1-3H3. The van der Waals surface area contributed by atoms with Gasteiger partial charge in [-0.1, -0.05) is 23.7 Å². The summed E-state index contributed by atoms with van der Waals surface area (Å²) in [6, 6.07) is 10.2. The molecule has 0 saturated heterocycles. The van der Waals surface area contributed by atoms with Crippen LogP contribution in [-0.4, -0.2) is 26.1 Å². The van der Waals surface area contributed by atoms with E-state index in [1.807, 2.05) is 39.0 Å². The van der Waals surface area contributed by atoms with E-state index in [2.05, 4.69) is 0 Å². The average Bonchev–Trinajstić information content (AvgIpc) is 2.93. The van der Waals surface area contributed by atoms with Crippen LogP contribution in [0, 0.1) is 20.8 Å². The molecule has 0 radical (unpaired) electrons. The van der Waals surface area contributed by atoms with Crippen LogP contribution in [0.3, 0.4) is 0 Å². The zero-order valence-corrected chi connectivity index (χ0v) is 16.4. The van der Waals surface area contributed by atoms with Gasteiger partial charge in [0, 0.05) is 21.7 Å². The number of carbonyl (C=O) groups is 1. The number of sulfone groups is 1. The van der Waals surface area contributed by atoms with E-state index in [1.54, 1.807) is 24.3 Å². The van der Waals surface area contributed by atoms with Gasteiger partial charge in [0.2, 0.25) is 0 Å². The highest BCUT2D eigenvalue weighted by Crippen LogP contribution is 2.29. The highest BCUT2D eigenvalue weighted by atomic mass is 35.5. The molecule has 26 heavy (non-hydrogen) atoms. The van der Waals surface area contributed by atoms with Crippen molar-refractivity contribution < 1.29 is 13.2 Å². The first-order valence-electron chi connectivity index (χ1n) is 8.26. The molecule has 0 fully saturated rings. The van der Waals surface area contributed by atoms with Crippen molar-refractivity contribution in [3.05, 3.63) is 75.2 Å². The maximum atomic E-state index is 13.3. The first-order valence-corrected chi connectivity index (χ1v) is 10.4. The molecule has 1 amide bonds. The topological polar surface area (TPSA) is 54.5 Å². The number of nitrogens with zero attached hydrogens (tertiary/aromatic N) is 1. The summed E-state index contributed by atoms with van der Waals surface area (Å²) in [7, 11) is -3.30. The lowest BCUT2D eigenvalue weighted by atomic mass is 10.0. The molecular weight excluding hydrogens is 370 g/mol. The van der Waals surface area contributed by atoms with Crippen LogP contribution < -0.4 is 4.90 Å². The largest absolute Gasteiger partial charge is 0.300 e.